The molecule has 0 aromatic heterocycles. The Labute approximate surface area is 92.1 Å². The van der Waals surface area contributed by atoms with Gasteiger partial charge < -0.3 is 11.1 Å². The van der Waals surface area contributed by atoms with Gasteiger partial charge in [0.2, 0.25) is 5.91 Å². The fourth-order valence-electron chi connectivity index (χ4n) is 2.15. The Balaban J connectivity index is 2.36. The summed E-state index contributed by atoms with van der Waals surface area (Å²) in [7, 11) is 0. The van der Waals surface area contributed by atoms with Gasteiger partial charge in [-0.2, -0.15) is 0 Å². The first-order chi connectivity index (χ1) is 7.15. The number of hydrogen-bond donors (Lipinski definition) is 2. The number of amides is 1. The zero-order chi connectivity index (χ0) is 11.3. The van der Waals surface area contributed by atoms with E-state index in [0.717, 1.165) is 19.3 Å². The average molecular weight is 210 g/mol. The Kier molecular flexibility index (Phi) is 4.82. The summed E-state index contributed by atoms with van der Waals surface area (Å²) in [5, 5.41) is 2.95. The number of nitrogens with one attached hydrogen (secondary N) is 1. The molecule has 0 heterocycles. The van der Waals surface area contributed by atoms with E-state index in [9.17, 15) is 4.79 Å². The molecule has 86 valence electrons. The predicted molar refractivity (Wildman–Crippen MR) is 62.3 cm³/mol. The van der Waals surface area contributed by atoms with E-state index < -0.39 is 0 Å². The molecular weight excluding hydrogens is 188 g/mol. The number of nitrogens with two attached hydrogens (primary N) is 1. The van der Waals surface area contributed by atoms with Gasteiger partial charge in [0.05, 0.1) is 0 Å². The van der Waals surface area contributed by atoms with Gasteiger partial charge in [-0.05, 0) is 39.2 Å². The summed E-state index contributed by atoms with van der Waals surface area (Å²) in [4.78, 5) is 11.8. The Bertz CT molecular complexity index is 244. The largest absolute Gasteiger partial charge is 0.352 e. The number of carbonyl (C=O) groups is 1. The predicted octanol–water partition coefficient (Wildman–Crippen LogP) is 1.44. The van der Waals surface area contributed by atoms with E-state index in [4.69, 9.17) is 5.73 Å². The van der Waals surface area contributed by atoms with Crippen molar-refractivity contribution < 1.29 is 4.79 Å². The van der Waals surface area contributed by atoms with E-state index in [1.165, 1.54) is 5.57 Å². The maximum absolute atomic E-state index is 11.8. The molecule has 3 nitrogen and oxygen atoms in total. The van der Waals surface area contributed by atoms with E-state index >= 15 is 0 Å². The first-order valence-electron chi connectivity index (χ1n) is 5.76. The zero-order valence-corrected chi connectivity index (χ0v) is 9.75. The van der Waals surface area contributed by atoms with Crippen LogP contribution in [0.25, 0.3) is 0 Å². The second kappa shape index (κ2) is 5.91. The maximum atomic E-state index is 11.8. The molecule has 0 radical (unpaired) electrons. The van der Waals surface area contributed by atoms with Crippen molar-refractivity contribution in [1.29, 1.82) is 0 Å². The standard InChI is InChI=1S/C12H22N2O/c1-9(2)6-7-14-12(15)11-5-3-4-10(11)8-13/h6,10-11H,3-5,7-8,13H2,1-2H3,(H,14,15). The van der Waals surface area contributed by atoms with Crippen molar-refractivity contribution in [2.45, 2.75) is 33.1 Å². The molecule has 3 heteroatoms. The molecule has 1 amide bonds. The fraction of sp³-hybridized carbons (Fsp3) is 0.750. The second-order valence-corrected chi connectivity index (χ2v) is 4.56. The van der Waals surface area contributed by atoms with Crippen molar-refractivity contribution in [3.05, 3.63) is 11.6 Å². The molecule has 0 spiro atoms. The summed E-state index contributed by atoms with van der Waals surface area (Å²) in [5.41, 5.74) is 6.88. The first-order valence-corrected chi connectivity index (χ1v) is 5.76. The molecule has 0 aliphatic heterocycles. The molecule has 0 aromatic carbocycles. The van der Waals surface area contributed by atoms with Crippen LogP contribution in [-0.4, -0.2) is 19.0 Å². The summed E-state index contributed by atoms with van der Waals surface area (Å²) >= 11 is 0. The van der Waals surface area contributed by atoms with Gasteiger partial charge in [-0.25, -0.2) is 0 Å². The van der Waals surface area contributed by atoms with Crippen LogP contribution in [0.3, 0.4) is 0 Å². The average Bonchev–Trinajstić information content (AvgIpc) is 2.64. The van der Waals surface area contributed by atoms with E-state index in [-0.39, 0.29) is 11.8 Å². The lowest BCUT2D eigenvalue weighted by molar-refractivity contribution is -0.125. The van der Waals surface area contributed by atoms with E-state index in [2.05, 4.69) is 5.32 Å². The number of rotatable bonds is 4. The molecule has 1 aliphatic carbocycles. The smallest absolute Gasteiger partial charge is 0.223 e. The van der Waals surface area contributed by atoms with Gasteiger partial charge in [-0.3, -0.25) is 4.79 Å². The van der Waals surface area contributed by atoms with E-state index in [1.807, 2.05) is 19.9 Å². The lowest BCUT2D eigenvalue weighted by Gasteiger charge is -2.16. The van der Waals surface area contributed by atoms with Crippen LogP contribution < -0.4 is 11.1 Å². The number of hydrogen-bond acceptors (Lipinski definition) is 2. The summed E-state index contributed by atoms with van der Waals surface area (Å²) in [6.07, 6.45) is 5.28. The zero-order valence-electron chi connectivity index (χ0n) is 9.75. The normalized spacial score (nSPS) is 25.0. The highest BCUT2D eigenvalue weighted by molar-refractivity contribution is 5.79. The Hall–Kier alpha value is -0.830. The lowest BCUT2D eigenvalue weighted by Crippen LogP contribution is -2.35. The molecule has 1 fully saturated rings. The quantitative estimate of drug-likeness (QED) is 0.690. The SMILES string of the molecule is CC(C)=CCNC(=O)C1CCCC1CN. The van der Waals surface area contributed by atoms with Crippen LogP contribution >= 0.6 is 0 Å². The van der Waals surface area contributed by atoms with Gasteiger partial charge in [-0.15, -0.1) is 0 Å². The summed E-state index contributed by atoms with van der Waals surface area (Å²) in [6, 6.07) is 0. The van der Waals surface area contributed by atoms with Gasteiger partial charge in [-0.1, -0.05) is 18.1 Å². The van der Waals surface area contributed by atoms with Crippen LogP contribution in [-0.2, 0) is 4.79 Å². The van der Waals surface area contributed by atoms with Crippen molar-refractivity contribution in [2.75, 3.05) is 13.1 Å². The van der Waals surface area contributed by atoms with E-state index in [1.54, 1.807) is 0 Å². The summed E-state index contributed by atoms with van der Waals surface area (Å²) in [5.74, 6) is 0.734. The third kappa shape index (κ3) is 3.67. The van der Waals surface area contributed by atoms with Crippen molar-refractivity contribution in [3.8, 4) is 0 Å². The van der Waals surface area contributed by atoms with Crippen LogP contribution in [0, 0.1) is 11.8 Å². The lowest BCUT2D eigenvalue weighted by atomic mass is 9.95. The molecule has 2 atom stereocenters. The first kappa shape index (κ1) is 12.2. The Morgan fingerprint density at radius 2 is 2.20 bits per heavy atom. The van der Waals surface area contributed by atoms with Gasteiger partial charge in [0.1, 0.15) is 0 Å². The Morgan fingerprint density at radius 1 is 1.47 bits per heavy atom. The number of carbonyl (C=O) groups excluding carboxylic acids is 1. The minimum Gasteiger partial charge on any atom is -0.352 e. The van der Waals surface area contributed by atoms with Gasteiger partial charge in [0, 0.05) is 12.5 Å². The molecular formula is C12H22N2O. The third-order valence-corrected chi connectivity index (χ3v) is 3.09. The minimum atomic E-state index is 0.153. The van der Waals surface area contributed by atoms with Crippen LogP contribution in [0.2, 0.25) is 0 Å². The van der Waals surface area contributed by atoms with Crippen LogP contribution in [0.4, 0.5) is 0 Å². The molecule has 0 aromatic rings. The molecule has 1 aliphatic rings. The van der Waals surface area contributed by atoms with Gasteiger partial charge in [0.15, 0.2) is 0 Å². The molecule has 3 N–H and O–H groups in total. The highest BCUT2D eigenvalue weighted by atomic mass is 16.1. The molecule has 15 heavy (non-hydrogen) atoms. The minimum absolute atomic E-state index is 0.153. The van der Waals surface area contributed by atoms with Crippen molar-refractivity contribution >= 4 is 5.91 Å². The maximum Gasteiger partial charge on any atom is 0.223 e. The fourth-order valence-corrected chi connectivity index (χ4v) is 2.15. The molecule has 0 saturated heterocycles. The van der Waals surface area contributed by atoms with Crippen LogP contribution in [0.5, 0.6) is 0 Å². The van der Waals surface area contributed by atoms with Gasteiger partial charge in [0.25, 0.3) is 0 Å². The molecule has 0 bridgehead atoms. The van der Waals surface area contributed by atoms with Gasteiger partial charge >= 0.3 is 0 Å². The Morgan fingerprint density at radius 3 is 2.80 bits per heavy atom. The van der Waals surface area contributed by atoms with Crippen molar-refractivity contribution in [2.24, 2.45) is 17.6 Å². The monoisotopic (exact) mass is 210 g/mol. The molecule has 1 saturated carbocycles. The molecule has 1 rings (SSSR count). The summed E-state index contributed by atoms with van der Waals surface area (Å²) in [6.45, 7) is 5.35. The highest BCUT2D eigenvalue weighted by Crippen LogP contribution is 2.30. The topological polar surface area (TPSA) is 55.1 Å². The van der Waals surface area contributed by atoms with E-state index in [0.29, 0.717) is 19.0 Å². The van der Waals surface area contributed by atoms with Crippen molar-refractivity contribution in [3.63, 3.8) is 0 Å². The number of allylic oxidation sites excluding steroid dienone is 1. The van der Waals surface area contributed by atoms with Crippen molar-refractivity contribution in [1.82, 2.24) is 5.32 Å². The summed E-state index contributed by atoms with van der Waals surface area (Å²) < 4.78 is 0. The van der Waals surface area contributed by atoms with Crippen LogP contribution in [0.1, 0.15) is 33.1 Å². The second-order valence-electron chi connectivity index (χ2n) is 4.56. The van der Waals surface area contributed by atoms with Crippen LogP contribution in [0.15, 0.2) is 11.6 Å². The third-order valence-electron chi connectivity index (χ3n) is 3.09. The highest BCUT2D eigenvalue weighted by Gasteiger charge is 2.31. The molecule has 2 unspecified atom stereocenters.